The molecule has 0 atom stereocenters. The number of morpholine rings is 1. The van der Waals surface area contributed by atoms with E-state index in [4.69, 9.17) is 9.72 Å². The third-order valence-electron chi connectivity index (χ3n) is 5.29. The number of aromatic amines is 1. The second-order valence-electron chi connectivity index (χ2n) is 7.11. The van der Waals surface area contributed by atoms with Crippen LogP contribution in [0.4, 0.5) is 0 Å². The lowest BCUT2D eigenvalue weighted by Gasteiger charge is -2.25. The highest BCUT2D eigenvalue weighted by molar-refractivity contribution is 7.11. The van der Waals surface area contributed by atoms with Gasteiger partial charge in [-0.3, -0.25) is 9.69 Å². The molecule has 2 aliphatic rings. The lowest BCUT2D eigenvalue weighted by Crippen LogP contribution is -2.35. The molecule has 0 unspecified atom stereocenters. The minimum atomic E-state index is 0.0694. The van der Waals surface area contributed by atoms with Gasteiger partial charge in [0.1, 0.15) is 10.7 Å². The van der Waals surface area contributed by atoms with Crippen LogP contribution in [0.15, 0.2) is 30.3 Å². The number of fused-ring (bicyclic) bond motifs is 2. The van der Waals surface area contributed by atoms with Crippen LogP contribution in [0.1, 0.15) is 26.1 Å². The lowest BCUT2D eigenvalue weighted by molar-refractivity contribution is 0.0341. The second-order valence-corrected chi connectivity index (χ2v) is 8.28. The molecule has 1 saturated heterocycles. The average molecular weight is 382 g/mol. The van der Waals surface area contributed by atoms with Crippen molar-refractivity contribution in [2.24, 2.45) is 0 Å². The number of thiazole rings is 1. The van der Waals surface area contributed by atoms with Crippen LogP contribution >= 0.6 is 11.3 Å². The number of hydrogen-bond acceptors (Lipinski definition) is 5. The lowest BCUT2D eigenvalue weighted by atomic mass is 10.1. The van der Waals surface area contributed by atoms with E-state index >= 15 is 0 Å². The Kier molecular flexibility index (Phi) is 4.43. The normalized spacial score (nSPS) is 18.0. The molecule has 1 fully saturated rings. The topological polar surface area (TPSA) is 61.5 Å². The van der Waals surface area contributed by atoms with Gasteiger partial charge in [-0.05, 0) is 12.1 Å². The maximum Gasteiger partial charge on any atom is 0.270 e. The summed E-state index contributed by atoms with van der Waals surface area (Å²) in [7, 11) is 0. The molecule has 6 nitrogen and oxygen atoms in total. The third-order valence-corrected chi connectivity index (χ3v) is 6.35. The summed E-state index contributed by atoms with van der Waals surface area (Å²) in [5.74, 6) is 0.0694. The highest BCUT2D eigenvalue weighted by Gasteiger charge is 2.26. The third kappa shape index (κ3) is 3.38. The molecular weight excluding hydrogens is 360 g/mol. The van der Waals surface area contributed by atoms with Crippen molar-refractivity contribution >= 4 is 28.1 Å². The van der Waals surface area contributed by atoms with Crippen LogP contribution in [0.25, 0.3) is 10.9 Å². The maximum atomic E-state index is 13.0. The predicted molar refractivity (Wildman–Crippen MR) is 105 cm³/mol. The molecule has 0 bridgehead atoms. The average Bonchev–Trinajstić information content (AvgIpc) is 3.31. The number of rotatable bonds is 3. The number of amides is 1. The van der Waals surface area contributed by atoms with Gasteiger partial charge in [-0.15, -0.1) is 11.3 Å². The molecule has 140 valence electrons. The Bertz CT molecular complexity index is 940. The van der Waals surface area contributed by atoms with Crippen molar-refractivity contribution in [3.05, 3.63) is 51.6 Å². The number of aromatic nitrogens is 2. The molecule has 7 heteroatoms. The second kappa shape index (κ2) is 7.07. The molecule has 0 radical (unpaired) electrons. The van der Waals surface area contributed by atoms with Crippen LogP contribution < -0.4 is 0 Å². The van der Waals surface area contributed by atoms with E-state index < -0.39 is 0 Å². The van der Waals surface area contributed by atoms with Crippen molar-refractivity contribution in [2.75, 3.05) is 32.8 Å². The fourth-order valence-electron chi connectivity index (χ4n) is 3.80. The zero-order valence-corrected chi connectivity index (χ0v) is 15.9. The van der Waals surface area contributed by atoms with Gasteiger partial charge in [0, 0.05) is 41.8 Å². The van der Waals surface area contributed by atoms with E-state index in [1.165, 1.54) is 10.6 Å². The van der Waals surface area contributed by atoms with E-state index in [1.54, 1.807) is 11.3 Å². The summed E-state index contributed by atoms with van der Waals surface area (Å²) in [6.45, 7) is 5.81. The fourth-order valence-corrected chi connectivity index (χ4v) is 4.97. The molecule has 1 N–H and O–H groups in total. The van der Waals surface area contributed by atoms with Crippen LogP contribution in [0.2, 0.25) is 0 Å². The molecule has 1 aromatic carbocycles. The van der Waals surface area contributed by atoms with Gasteiger partial charge in [-0.1, -0.05) is 18.2 Å². The molecular formula is C20H22N4O2S. The summed E-state index contributed by atoms with van der Waals surface area (Å²) in [6, 6.07) is 9.95. The van der Waals surface area contributed by atoms with Gasteiger partial charge in [0.2, 0.25) is 0 Å². The molecule has 0 spiro atoms. The quantitative estimate of drug-likeness (QED) is 0.757. The Hall–Kier alpha value is -2.22. The van der Waals surface area contributed by atoms with Crippen LogP contribution in [-0.2, 0) is 24.2 Å². The van der Waals surface area contributed by atoms with Crippen LogP contribution in [0, 0.1) is 0 Å². The predicted octanol–water partition coefficient (Wildman–Crippen LogP) is 2.66. The zero-order chi connectivity index (χ0) is 18.2. The first-order chi connectivity index (χ1) is 13.3. The molecule has 27 heavy (non-hydrogen) atoms. The van der Waals surface area contributed by atoms with Crippen molar-refractivity contribution in [1.29, 1.82) is 0 Å². The summed E-state index contributed by atoms with van der Waals surface area (Å²) in [6.07, 6.45) is 0.834. The van der Waals surface area contributed by atoms with E-state index in [-0.39, 0.29) is 5.91 Å². The number of ether oxygens (including phenoxy) is 1. The first-order valence-electron chi connectivity index (χ1n) is 9.41. The minimum Gasteiger partial charge on any atom is -0.379 e. The number of carbonyl (C=O) groups excluding carboxylic acids is 1. The first kappa shape index (κ1) is 16.9. The van der Waals surface area contributed by atoms with Crippen molar-refractivity contribution in [1.82, 2.24) is 19.8 Å². The summed E-state index contributed by atoms with van der Waals surface area (Å²) < 4.78 is 5.42. The summed E-state index contributed by atoms with van der Waals surface area (Å²) >= 11 is 1.75. The molecule has 2 aliphatic heterocycles. The molecule has 3 aromatic rings. The SMILES string of the molecule is O=C(c1cc2ccccc2[nH]1)N1CCc2nc(CN3CCOCC3)sc2C1. The van der Waals surface area contributed by atoms with Gasteiger partial charge >= 0.3 is 0 Å². The van der Waals surface area contributed by atoms with E-state index in [1.807, 2.05) is 35.2 Å². The van der Waals surface area contributed by atoms with Gasteiger partial charge < -0.3 is 14.6 Å². The Morgan fingerprint density at radius 2 is 2.07 bits per heavy atom. The summed E-state index contributed by atoms with van der Waals surface area (Å²) in [4.78, 5) is 26.6. The molecule has 2 aromatic heterocycles. The number of benzene rings is 1. The van der Waals surface area contributed by atoms with Gasteiger partial charge in [0.15, 0.2) is 0 Å². The van der Waals surface area contributed by atoms with Gasteiger partial charge in [-0.2, -0.15) is 0 Å². The van der Waals surface area contributed by atoms with E-state index in [2.05, 4.69) is 9.88 Å². The molecule has 0 aliphatic carbocycles. The van der Waals surface area contributed by atoms with E-state index in [0.29, 0.717) is 12.2 Å². The number of carbonyl (C=O) groups is 1. The van der Waals surface area contributed by atoms with Crippen molar-refractivity contribution in [2.45, 2.75) is 19.5 Å². The smallest absolute Gasteiger partial charge is 0.270 e. The summed E-state index contributed by atoms with van der Waals surface area (Å²) in [5, 5.41) is 2.23. The fraction of sp³-hybridized carbons (Fsp3) is 0.400. The Balaban J connectivity index is 1.30. The highest BCUT2D eigenvalue weighted by atomic mass is 32.1. The molecule has 4 heterocycles. The van der Waals surface area contributed by atoms with Gasteiger partial charge in [-0.25, -0.2) is 4.98 Å². The Morgan fingerprint density at radius 3 is 2.93 bits per heavy atom. The van der Waals surface area contributed by atoms with Gasteiger partial charge in [0.25, 0.3) is 5.91 Å². The van der Waals surface area contributed by atoms with Crippen molar-refractivity contribution in [3.63, 3.8) is 0 Å². The Labute approximate surface area is 161 Å². The van der Waals surface area contributed by atoms with Crippen LogP contribution in [-0.4, -0.2) is 58.5 Å². The molecule has 0 saturated carbocycles. The number of nitrogens with one attached hydrogen (secondary N) is 1. The standard InChI is InChI=1S/C20H22N4O2S/c25-20(17-11-14-3-1-2-4-15(14)21-17)24-6-5-16-18(12-24)27-19(22-16)13-23-7-9-26-10-8-23/h1-4,11,21H,5-10,12-13H2. The van der Waals surface area contributed by atoms with E-state index in [9.17, 15) is 4.79 Å². The summed E-state index contributed by atoms with van der Waals surface area (Å²) in [5.41, 5.74) is 2.84. The minimum absolute atomic E-state index is 0.0694. The number of para-hydroxylation sites is 1. The first-order valence-corrected chi connectivity index (χ1v) is 10.2. The number of H-pyrrole nitrogens is 1. The zero-order valence-electron chi connectivity index (χ0n) is 15.1. The number of nitrogens with zero attached hydrogens (tertiary/aromatic N) is 3. The van der Waals surface area contributed by atoms with E-state index in [0.717, 1.165) is 61.7 Å². The Morgan fingerprint density at radius 1 is 1.22 bits per heavy atom. The number of hydrogen-bond donors (Lipinski definition) is 1. The van der Waals surface area contributed by atoms with Crippen LogP contribution in [0.5, 0.6) is 0 Å². The van der Waals surface area contributed by atoms with Gasteiger partial charge in [0.05, 0.1) is 32.0 Å². The van der Waals surface area contributed by atoms with Crippen molar-refractivity contribution < 1.29 is 9.53 Å². The maximum absolute atomic E-state index is 13.0. The highest BCUT2D eigenvalue weighted by Crippen LogP contribution is 2.27. The van der Waals surface area contributed by atoms with Crippen LogP contribution in [0.3, 0.4) is 0 Å². The molecule has 5 rings (SSSR count). The monoisotopic (exact) mass is 382 g/mol. The van der Waals surface area contributed by atoms with Crippen molar-refractivity contribution in [3.8, 4) is 0 Å². The largest absolute Gasteiger partial charge is 0.379 e. The molecule has 1 amide bonds.